The second-order valence-corrected chi connectivity index (χ2v) is 5.27. The molecule has 0 aliphatic heterocycles. The molecule has 0 unspecified atom stereocenters. The van der Waals surface area contributed by atoms with Gasteiger partial charge in [0.1, 0.15) is 5.82 Å². The summed E-state index contributed by atoms with van der Waals surface area (Å²) in [6.07, 6.45) is 1.74. The third-order valence-corrected chi connectivity index (χ3v) is 3.78. The lowest BCUT2D eigenvalue weighted by Crippen LogP contribution is -2.39. The number of fused-ring (bicyclic) bond motifs is 1. The Kier molecular flexibility index (Phi) is 5.15. The smallest absolute Gasteiger partial charge is 0.332 e. The first-order valence-electron chi connectivity index (χ1n) is 7.38. The van der Waals surface area contributed by atoms with E-state index in [-0.39, 0.29) is 11.2 Å². The van der Waals surface area contributed by atoms with Crippen LogP contribution in [0.25, 0.3) is 11.2 Å². The van der Waals surface area contributed by atoms with E-state index in [0.29, 0.717) is 37.4 Å². The van der Waals surface area contributed by atoms with Gasteiger partial charge in [0.05, 0.1) is 13.2 Å². The molecule has 0 radical (unpaired) electrons. The van der Waals surface area contributed by atoms with Crippen molar-refractivity contribution in [1.29, 1.82) is 0 Å². The Morgan fingerprint density at radius 2 is 1.91 bits per heavy atom. The molecule has 22 heavy (non-hydrogen) atoms. The Bertz CT molecular complexity index is 771. The summed E-state index contributed by atoms with van der Waals surface area (Å²) in [6, 6.07) is 0. The van der Waals surface area contributed by atoms with Crippen molar-refractivity contribution >= 4 is 11.2 Å². The predicted octanol–water partition coefficient (Wildman–Crippen LogP) is -0.410. The van der Waals surface area contributed by atoms with Crippen molar-refractivity contribution in [2.24, 2.45) is 12.8 Å². The van der Waals surface area contributed by atoms with Crippen LogP contribution in [-0.4, -0.2) is 38.9 Å². The van der Waals surface area contributed by atoms with Crippen molar-refractivity contribution in [3.05, 3.63) is 26.7 Å². The molecule has 0 aliphatic carbocycles. The molecule has 0 saturated carbocycles. The van der Waals surface area contributed by atoms with Crippen molar-refractivity contribution in [3.8, 4) is 0 Å². The van der Waals surface area contributed by atoms with Crippen LogP contribution in [0.3, 0.4) is 0 Å². The Labute approximate surface area is 128 Å². The quantitative estimate of drug-likeness (QED) is 0.701. The lowest BCUT2D eigenvalue weighted by atomic mass is 10.3. The summed E-state index contributed by atoms with van der Waals surface area (Å²) >= 11 is 0. The Balaban J connectivity index is 2.64. The molecule has 0 saturated heterocycles. The van der Waals surface area contributed by atoms with E-state index in [0.717, 1.165) is 23.2 Å². The molecular formula is C14H23N5O3. The van der Waals surface area contributed by atoms with Gasteiger partial charge in [0.15, 0.2) is 11.2 Å². The molecule has 0 aliphatic rings. The average molecular weight is 309 g/mol. The van der Waals surface area contributed by atoms with E-state index in [1.54, 1.807) is 7.11 Å². The van der Waals surface area contributed by atoms with E-state index in [9.17, 15) is 9.59 Å². The van der Waals surface area contributed by atoms with Crippen LogP contribution in [0, 0.1) is 6.92 Å². The van der Waals surface area contributed by atoms with Crippen LogP contribution < -0.4 is 17.0 Å². The number of unbranched alkanes of at least 4 members (excludes halogenated alkanes) is 1. The van der Waals surface area contributed by atoms with Gasteiger partial charge in [-0.05, 0) is 26.3 Å². The molecule has 8 nitrogen and oxygen atoms in total. The van der Waals surface area contributed by atoms with Crippen LogP contribution in [0.5, 0.6) is 0 Å². The molecule has 2 aromatic rings. The third kappa shape index (κ3) is 2.84. The standard InChI is InChI=1S/C14H23N5O3/c1-10-16-12-11(18(10)7-5-4-6-15)13(20)17(2)14(21)19(12)8-9-22-3/h4-9,15H2,1-3H3. The van der Waals surface area contributed by atoms with E-state index < -0.39 is 0 Å². The fourth-order valence-corrected chi connectivity index (χ4v) is 2.54. The minimum Gasteiger partial charge on any atom is -0.383 e. The van der Waals surface area contributed by atoms with E-state index in [1.165, 1.54) is 11.6 Å². The van der Waals surface area contributed by atoms with Gasteiger partial charge in [0, 0.05) is 20.7 Å². The van der Waals surface area contributed by atoms with Gasteiger partial charge in [0.2, 0.25) is 0 Å². The fourth-order valence-electron chi connectivity index (χ4n) is 2.54. The maximum Gasteiger partial charge on any atom is 0.332 e. The zero-order chi connectivity index (χ0) is 16.3. The Morgan fingerprint density at radius 1 is 1.18 bits per heavy atom. The number of aromatic nitrogens is 4. The number of aryl methyl sites for hydroxylation is 2. The minimum atomic E-state index is -0.374. The van der Waals surface area contributed by atoms with Crippen LogP contribution >= 0.6 is 0 Å². The van der Waals surface area contributed by atoms with Crippen molar-refractivity contribution in [2.75, 3.05) is 20.3 Å². The second kappa shape index (κ2) is 6.89. The van der Waals surface area contributed by atoms with E-state index >= 15 is 0 Å². The van der Waals surface area contributed by atoms with Gasteiger partial charge in [-0.1, -0.05) is 0 Å². The highest BCUT2D eigenvalue weighted by Gasteiger charge is 2.18. The molecule has 0 atom stereocenters. The third-order valence-electron chi connectivity index (χ3n) is 3.78. The average Bonchev–Trinajstić information content (AvgIpc) is 2.82. The van der Waals surface area contributed by atoms with Crippen molar-refractivity contribution in [2.45, 2.75) is 32.9 Å². The number of rotatable bonds is 7. The second-order valence-electron chi connectivity index (χ2n) is 5.27. The summed E-state index contributed by atoms with van der Waals surface area (Å²) in [5.74, 6) is 0.723. The maximum atomic E-state index is 12.5. The zero-order valence-corrected chi connectivity index (χ0v) is 13.3. The monoisotopic (exact) mass is 309 g/mol. The van der Waals surface area contributed by atoms with E-state index in [1.807, 2.05) is 11.5 Å². The lowest BCUT2D eigenvalue weighted by molar-refractivity contribution is 0.186. The SMILES string of the molecule is COCCn1c(=O)n(C)c(=O)c2c1nc(C)n2CCCCN. The number of hydrogen-bond donors (Lipinski definition) is 1. The molecule has 0 amide bonds. The van der Waals surface area contributed by atoms with Gasteiger partial charge in [-0.2, -0.15) is 0 Å². The number of hydrogen-bond acceptors (Lipinski definition) is 5. The van der Waals surface area contributed by atoms with Gasteiger partial charge >= 0.3 is 5.69 Å². The normalized spacial score (nSPS) is 11.5. The lowest BCUT2D eigenvalue weighted by Gasteiger charge is -2.10. The molecule has 0 fully saturated rings. The largest absolute Gasteiger partial charge is 0.383 e. The molecule has 8 heteroatoms. The molecule has 2 N–H and O–H groups in total. The van der Waals surface area contributed by atoms with Crippen molar-refractivity contribution in [1.82, 2.24) is 18.7 Å². The van der Waals surface area contributed by atoms with Crippen LogP contribution in [0.4, 0.5) is 0 Å². The Morgan fingerprint density at radius 3 is 2.55 bits per heavy atom. The van der Waals surface area contributed by atoms with Gasteiger partial charge in [-0.15, -0.1) is 0 Å². The van der Waals surface area contributed by atoms with Gasteiger partial charge < -0.3 is 15.0 Å². The van der Waals surface area contributed by atoms with Crippen molar-refractivity contribution < 1.29 is 4.74 Å². The topological polar surface area (TPSA) is 97.1 Å². The highest BCUT2D eigenvalue weighted by atomic mass is 16.5. The number of imidazole rings is 1. The molecule has 0 spiro atoms. The highest BCUT2D eigenvalue weighted by molar-refractivity contribution is 5.71. The summed E-state index contributed by atoms with van der Waals surface area (Å²) < 4.78 is 9.53. The highest BCUT2D eigenvalue weighted by Crippen LogP contribution is 2.12. The molecule has 0 bridgehead atoms. The van der Waals surface area contributed by atoms with E-state index in [4.69, 9.17) is 10.5 Å². The first-order valence-corrected chi connectivity index (χ1v) is 7.38. The number of methoxy groups -OCH3 is 1. The number of nitrogens with zero attached hydrogens (tertiary/aromatic N) is 4. The Hall–Kier alpha value is -1.93. The fraction of sp³-hybridized carbons (Fsp3) is 0.643. The van der Waals surface area contributed by atoms with E-state index in [2.05, 4.69) is 4.98 Å². The minimum absolute atomic E-state index is 0.318. The summed E-state index contributed by atoms with van der Waals surface area (Å²) in [7, 11) is 3.06. The zero-order valence-electron chi connectivity index (χ0n) is 13.3. The van der Waals surface area contributed by atoms with Gasteiger partial charge in [0.25, 0.3) is 5.56 Å². The van der Waals surface area contributed by atoms with Crippen LogP contribution in [-0.2, 0) is 24.9 Å². The molecule has 2 heterocycles. The van der Waals surface area contributed by atoms with Gasteiger partial charge in [-0.25, -0.2) is 9.78 Å². The van der Waals surface area contributed by atoms with Crippen LogP contribution in [0.1, 0.15) is 18.7 Å². The maximum absolute atomic E-state index is 12.5. The number of nitrogens with two attached hydrogens (primary N) is 1. The predicted molar refractivity (Wildman–Crippen MR) is 84.1 cm³/mol. The van der Waals surface area contributed by atoms with Gasteiger partial charge in [-0.3, -0.25) is 13.9 Å². The van der Waals surface area contributed by atoms with Crippen LogP contribution in [0.15, 0.2) is 9.59 Å². The number of ether oxygens (including phenoxy) is 1. The first kappa shape index (κ1) is 16.4. The van der Waals surface area contributed by atoms with Crippen molar-refractivity contribution in [3.63, 3.8) is 0 Å². The summed E-state index contributed by atoms with van der Waals surface area (Å²) in [6.45, 7) is 3.86. The molecular weight excluding hydrogens is 286 g/mol. The summed E-state index contributed by atoms with van der Waals surface area (Å²) in [5, 5.41) is 0. The summed E-state index contributed by atoms with van der Waals surface area (Å²) in [5.41, 5.74) is 5.72. The molecule has 122 valence electrons. The summed E-state index contributed by atoms with van der Waals surface area (Å²) in [4.78, 5) is 29.2. The molecule has 0 aromatic carbocycles. The molecule has 2 aromatic heterocycles. The van der Waals surface area contributed by atoms with Crippen LogP contribution in [0.2, 0.25) is 0 Å². The molecule has 2 rings (SSSR count). The first-order chi connectivity index (χ1) is 10.5.